The average Bonchev–Trinajstić information content (AvgIpc) is 2.43. The van der Waals surface area contributed by atoms with Crippen LogP contribution in [0.2, 0.25) is 0 Å². The van der Waals surface area contributed by atoms with Gasteiger partial charge in [-0.25, -0.2) is 0 Å². The van der Waals surface area contributed by atoms with Crippen molar-refractivity contribution >= 4 is 11.9 Å². The van der Waals surface area contributed by atoms with Crippen molar-refractivity contribution in [3.05, 3.63) is 0 Å². The summed E-state index contributed by atoms with van der Waals surface area (Å²) in [5.41, 5.74) is 0. The highest BCUT2D eigenvalue weighted by Crippen LogP contribution is 2.22. The Balaban J connectivity index is 2.45. The quantitative estimate of drug-likeness (QED) is 0.708. The van der Waals surface area contributed by atoms with Crippen LogP contribution in [0.25, 0.3) is 0 Å². The van der Waals surface area contributed by atoms with E-state index in [0.717, 1.165) is 19.3 Å². The average molecular weight is 255 g/mol. The lowest BCUT2D eigenvalue weighted by atomic mass is 9.96. The molecule has 104 valence electrons. The molecule has 0 spiro atoms. The maximum atomic E-state index is 11.9. The van der Waals surface area contributed by atoms with E-state index in [1.54, 1.807) is 4.90 Å². The van der Waals surface area contributed by atoms with Crippen LogP contribution in [-0.4, -0.2) is 36.0 Å². The molecule has 1 saturated heterocycles. The molecule has 1 rings (SSSR count). The molecule has 0 saturated carbocycles. The maximum absolute atomic E-state index is 11.9. The summed E-state index contributed by atoms with van der Waals surface area (Å²) in [7, 11) is 0. The Labute approximate surface area is 110 Å². The molecule has 1 atom stereocenters. The van der Waals surface area contributed by atoms with Crippen molar-refractivity contribution < 1.29 is 14.3 Å². The second-order valence-electron chi connectivity index (χ2n) is 5.34. The molecule has 1 aliphatic heterocycles. The monoisotopic (exact) mass is 255 g/mol. The summed E-state index contributed by atoms with van der Waals surface area (Å²) in [6.45, 7) is 6.61. The molecule has 1 aliphatic rings. The van der Waals surface area contributed by atoms with Gasteiger partial charge in [0.1, 0.15) is 6.54 Å². The summed E-state index contributed by atoms with van der Waals surface area (Å²) in [6.07, 6.45) is 4.76. The Morgan fingerprint density at radius 2 is 2.17 bits per heavy atom. The van der Waals surface area contributed by atoms with Crippen LogP contribution in [0.5, 0.6) is 0 Å². The van der Waals surface area contributed by atoms with Crippen LogP contribution in [0, 0.1) is 5.92 Å². The normalized spacial score (nSPS) is 21.0. The van der Waals surface area contributed by atoms with Crippen LogP contribution in [0.4, 0.5) is 0 Å². The van der Waals surface area contributed by atoms with Gasteiger partial charge in [-0.2, -0.15) is 0 Å². The van der Waals surface area contributed by atoms with Crippen molar-refractivity contribution in [2.45, 2.75) is 59.0 Å². The highest BCUT2D eigenvalue weighted by atomic mass is 16.5. The van der Waals surface area contributed by atoms with E-state index in [0.29, 0.717) is 18.9 Å². The topological polar surface area (TPSA) is 46.6 Å². The second-order valence-corrected chi connectivity index (χ2v) is 5.34. The number of hydrogen-bond acceptors (Lipinski definition) is 3. The van der Waals surface area contributed by atoms with E-state index in [9.17, 15) is 9.59 Å². The Bertz CT molecular complexity index is 289. The fraction of sp³-hybridized carbons (Fsp3) is 0.857. The van der Waals surface area contributed by atoms with Crippen LogP contribution in [0.1, 0.15) is 52.9 Å². The molecule has 18 heavy (non-hydrogen) atoms. The van der Waals surface area contributed by atoms with Gasteiger partial charge < -0.3 is 9.64 Å². The largest absolute Gasteiger partial charge is 0.462 e. The predicted molar refractivity (Wildman–Crippen MR) is 70.1 cm³/mol. The van der Waals surface area contributed by atoms with Crippen LogP contribution in [-0.2, 0) is 14.3 Å². The Hall–Kier alpha value is -1.06. The molecule has 1 fully saturated rings. The van der Waals surface area contributed by atoms with E-state index in [1.165, 1.54) is 6.42 Å². The van der Waals surface area contributed by atoms with Crippen molar-refractivity contribution in [2.75, 3.05) is 13.1 Å². The molecule has 0 aromatic rings. The summed E-state index contributed by atoms with van der Waals surface area (Å²) in [4.78, 5) is 25.1. The number of carbonyl (C=O) groups is 2. The van der Waals surface area contributed by atoms with Gasteiger partial charge in [0.15, 0.2) is 0 Å². The second kappa shape index (κ2) is 7.39. The Morgan fingerprint density at radius 3 is 2.78 bits per heavy atom. The molecule has 0 aromatic heterocycles. The lowest BCUT2D eigenvalue weighted by molar-refractivity contribution is -0.152. The molecular weight excluding hydrogens is 230 g/mol. The van der Waals surface area contributed by atoms with E-state index in [2.05, 4.69) is 6.92 Å². The van der Waals surface area contributed by atoms with E-state index in [4.69, 9.17) is 4.74 Å². The smallest absolute Gasteiger partial charge is 0.325 e. The van der Waals surface area contributed by atoms with Gasteiger partial charge in [0.25, 0.3) is 0 Å². The lowest BCUT2D eigenvalue weighted by Gasteiger charge is -2.20. The van der Waals surface area contributed by atoms with Crippen LogP contribution in [0.15, 0.2) is 0 Å². The zero-order chi connectivity index (χ0) is 13.5. The molecular formula is C14H25NO3. The molecule has 0 N–H and O–H groups in total. The van der Waals surface area contributed by atoms with Gasteiger partial charge in [-0.15, -0.1) is 0 Å². The third kappa shape index (κ3) is 5.07. The number of nitrogens with zero attached hydrogens (tertiary/aromatic N) is 1. The SMILES string of the molecule is CCCC1CCC(=O)N(CC(=O)OC(C)C)CC1. The lowest BCUT2D eigenvalue weighted by Crippen LogP contribution is -2.36. The van der Waals surface area contributed by atoms with Crippen molar-refractivity contribution in [3.8, 4) is 0 Å². The molecule has 0 aromatic carbocycles. The number of carbonyl (C=O) groups excluding carboxylic acids is 2. The predicted octanol–water partition coefficient (Wildman–Crippen LogP) is 2.37. The van der Waals surface area contributed by atoms with Crippen LogP contribution in [0.3, 0.4) is 0 Å². The zero-order valence-corrected chi connectivity index (χ0v) is 11.8. The molecule has 1 amide bonds. The van der Waals surface area contributed by atoms with E-state index < -0.39 is 0 Å². The number of rotatable bonds is 5. The number of likely N-dealkylation sites (tertiary alicyclic amines) is 1. The van der Waals surface area contributed by atoms with Gasteiger partial charge in [-0.1, -0.05) is 19.8 Å². The molecule has 0 bridgehead atoms. The van der Waals surface area contributed by atoms with Gasteiger partial charge in [0, 0.05) is 13.0 Å². The fourth-order valence-corrected chi connectivity index (χ4v) is 2.41. The summed E-state index contributed by atoms with van der Waals surface area (Å²) in [5.74, 6) is 0.423. The third-order valence-corrected chi connectivity index (χ3v) is 3.31. The summed E-state index contributed by atoms with van der Waals surface area (Å²) in [5, 5.41) is 0. The third-order valence-electron chi connectivity index (χ3n) is 3.31. The molecule has 1 heterocycles. The number of esters is 1. The standard InChI is InChI=1S/C14H25NO3/c1-4-5-12-6-7-13(16)15(9-8-12)10-14(17)18-11(2)3/h11-12H,4-10H2,1-3H3. The summed E-state index contributed by atoms with van der Waals surface area (Å²) in [6, 6.07) is 0. The zero-order valence-electron chi connectivity index (χ0n) is 11.8. The van der Waals surface area contributed by atoms with Gasteiger partial charge in [-0.3, -0.25) is 9.59 Å². The molecule has 0 aliphatic carbocycles. The summed E-state index contributed by atoms with van der Waals surface area (Å²) < 4.78 is 5.08. The molecule has 4 nitrogen and oxygen atoms in total. The minimum Gasteiger partial charge on any atom is -0.462 e. The van der Waals surface area contributed by atoms with Crippen molar-refractivity contribution in [1.82, 2.24) is 4.90 Å². The summed E-state index contributed by atoms with van der Waals surface area (Å²) >= 11 is 0. The van der Waals surface area contributed by atoms with E-state index in [1.807, 2.05) is 13.8 Å². The maximum Gasteiger partial charge on any atom is 0.325 e. The van der Waals surface area contributed by atoms with Crippen LogP contribution >= 0.6 is 0 Å². The van der Waals surface area contributed by atoms with Gasteiger partial charge in [-0.05, 0) is 32.6 Å². The first-order valence-corrected chi connectivity index (χ1v) is 7.00. The minimum atomic E-state index is -0.299. The number of amides is 1. The molecule has 4 heteroatoms. The highest BCUT2D eigenvalue weighted by molar-refractivity contribution is 5.82. The first-order valence-electron chi connectivity index (χ1n) is 7.00. The van der Waals surface area contributed by atoms with Gasteiger partial charge in [0.05, 0.1) is 6.10 Å². The molecule has 1 unspecified atom stereocenters. The number of ether oxygens (including phenoxy) is 1. The van der Waals surface area contributed by atoms with Gasteiger partial charge >= 0.3 is 5.97 Å². The van der Waals surface area contributed by atoms with Crippen molar-refractivity contribution in [2.24, 2.45) is 5.92 Å². The van der Waals surface area contributed by atoms with E-state index >= 15 is 0 Å². The van der Waals surface area contributed by atoms with Crippen molar-refractivity contribution in [3.63, 3.8) is 0 Å². The Kier molecular flexibility index (Phi) is 6.16. The first-order chi connectivity index (χ1) is 8.52. The van der Waals surface area contributed by atoms with E-state index in [-0.39, 0.29) is 24.5 Å². The highest BCUT2D eigenvalue weighted by Gasteiger charge is 2.24. The minimum absolute atomic E-state index is 0.0920. The number of hydrogen-bond donors (Lipinski definition) is 0. The molecule has 0 radical (unpaired) electrons. The Morgan fingerprint density at radius 1 is 1.44 bits per heavy atom. The van der Waals surface area contributed by atoms with Gasteiger partial charge in [0.2, 0.25) is 5.91 Å². The van der Waals surface area contributed by atoms with Crippen molar-refractivity contribution in [1.29, 1.82) is 0 Å². The first kappa shape index (κ1) is 15.0. The fourth-order valence-electron chi connectivity index (χ4n) is 2.41. The van der Waals surface area contributed by atoms with Crippen LogP contribution < -0.4 is 0 Å².